The molecule has 1 atom stereocenters. The van der Waals surface area contributed by atoms with E-state index in [0.717, 1.165) is 18.4 Å². The van der Waals surface area contributed by atoms with E-state index < -0.39 is 0 Å². The summed E-state index contributed by atoms with van der Waals surface area (Å²) in [4.78, 5) is 37.0. The number of ether oxygens (including phenoxy) is 1. The molecule has 1 aliphatic heterocycles. The first-order chi connectivity index (χ1) is 12.0. The molecule has 0 saturated carbocycles. The molecule has 1 aromatic carbocycles. The number of piperidine rings is 1. The molecule has 1 fully saturated rings. The molecule has 1 aliphatic rings. The average Bonchev–Trinajstić information content (AvgIpc) is 2.62. The predicted molar refractivity (Wildman–Crippen MR) is 93.4 cm³/mol. The number of benzene rings is 1. The summed E-state index contributed by atoms with van der Waals surface area (Å²) in [5.41, 5.74) is 1.32. The van der Waals surface area contributed by atoms with E-state index >= 15 is 0 Å². The number of hydrogen-bond acceptors (Lipinski definition) is 4. The number of nitrogens with one attached hydrogen (secondary N) is 3. The lowest BCUT2D eigenvalue weighted by Crippen LogP contribution is -2.50. The Morgan fingerprint density at radius 2 is 2.04 bits per heavy atom. The Morgan fingerprint density at radius 1 is 1.28 bits per heavy atom. The summed E-state index contributed by atoms with van der Waals surface area (Å²) in [5.74, 6) is -0.129. The molecule has 25 heavy (non-hydrogen) atoms. The number of hydrogen-bond donors (Lipinski definition) is 3. The Balaban J connectivity index is 1.94. The van der Waals surface area contributed by atoms with Crippen LogP contribution >= 0.6 is 0 Å². The van der Waals surface area contributed by atoms with Crippen molar-refractivity contribution in [3.8, 4) is 0 Å². The Kier molecular flexibility index (Phi) is 6.62. The molecular weight excluding hydrogens is 324 g/mol. The van der Waals surface area contributed by atoms with Gasteiger partial charge >= 0.3 is 12.1 Å². The Morgan fingerprint density at radius 3 is 2.76 bits per heavy atom. The number of rotatable bonds is 4. The van der Waals surface area contributed by atoms with Crippen LogP contribution in [0, 0.1) is 0 Å². The van der Waals surface area contributed by atoms with Crippen molar-refractivity contribution in [3.05, 3.63) is 29.8 Å². The largest absolute Gasteiger partial charge is 0.453 e. The van der Waals surface area contributed by atoms with Crippen LogP contribution in [0.5, 0.6) is 0 Å². The minimum Gasteiger partial charge on any atom is -0.453 e. The van der Waals surface area contributed by atoms with Crippen molar-refractivity contribution in [2.24, 2.45) is 0 Å². The third-order valence-electron chi connectivity index (χ3n) is 4.08. The van der Waals surface area contributed by atoms with E-state index in [4.69, 9.17) is 4.74 Å². The number of urea groups is 1. The predicted octanol–water partition coefficient (Wildman–Crippen LogP) is 1.33. The molecule has 0 aromatic heterocycles. The Labute approximate surface area is 146 Å². The van der Waals surface area contributed by atoms with E-state index in [-0.39, 0.29) is 30.5 Å². The van der Waals surface area contributed by atoms with Gasteiger partial charge in [-0.05, 0) is 24.5 Å². The molecule has 1 aromatic rings. The fraction of sp³-hybridized carbons (Fsp3) is 0.471. The smallest absolute Gasteiger partial charge is 0.409 e. The van der Waals surface area contributed by atoms with Crippen LogP contribution in [-0.4, -0.2) is 56.2 Å². The fourth-order valence-electron chi connectivity index (χ4n) is 2.79. The first-order valence-corrected chi connectivity index (χ1v) is 8.22. The SMILES string of the molecule is CNC(=O)Cc1ccccc1NC(=O)N[C@@H]1CCCN(C(=O)OC)C1. The first kappa shape index (κ1) is 18.6. The van der Waals surface area contributed by atoms with E-state index in [0.29, 0.717) is 18.8 Å². The van der Waals surface area contributed by atoms with Gasteiger partial charge in [0.05, 0.1) is 13.5 Å². The van der Waals surface area contributed by atoms with Gasteiger partial charge in [0.25, 0.3) is 0 Å². The normalized spacial score (nSPS) is 16.7. The van der Waals surface area contributed by atoms with Crippen LogP contribution < -0.4 is 16.0 Å². The second-order valence-corrected chi connectivity index (χ2v) is 5.86. The Hall–Kier alpha value is -2.77. The van der Waals surface area contributed by atoms with Crippen molar-refractivity contribution in [2.75, 3.05) is 32.6 Å². The van der Waals surface area contributed by atoms with Crippen molar-refractivity contribution in [3.63, 3.8) is 0 Å². The van der Waals surface area contributed by atoms with E-state index in [9.17, 15) is 14.4 Å². The molecule has 2 rings (SSSR count). The lowest BCUT2D eigenvalue weighted by molar-refractivity contribution is -0.119. The molecular formula is C17H24N4O4. The third-order valence-corrected chi connectivity index (χ3v) is 4.08. The summed E-state index contributed by atoms with van der Waals surface area (Å²) in [7, 11) is 2.91. The van der Waals surface area contributed by atoms with Gasteiger partial charge in [0.1, 0.15) is 0 Å². The van der Waals surface area contributed by atoms with Gasteiger partial charge in [0, 0.05) is 31.9 Å². The average molecular weight is 348 g/mol. The van der Waals surface area contributed by atoms with Crippen molar-refractivity contribution >= 4 is 23.7 Å². The fourth-order valence-corrected chi connectivity index (χ4v) is 2.79. The molecule has 0 spiro atoms. The number of amides is 4. The van der Waals surface area contributed by atoms with Crippen molar-refractivity contribution < 1.29 is 19.1 Å². The van der Waals surface area contributed by atoms with Crippen molar-refractivity contribution in [1.82, 2.24) is 15.5 Å². The molecule has 0 radical (unpaired) electrons. The third kappa shape index (κ3) is 5.37. The second-order valence-electron chi connectivity index (χ2n) is 5.86. The number of anilines is 1. The molecule has 8 nitrogen and oxygen atoms in total. The van der Waals surface area contributed by atoms with Gasteiger partial charge in [-0.1, -0.05) is 18.2 Å². The van der Waals surface area contributed by atoms with Crippen molar-refractivity contribution in [2.45, 2.75) is 25.3 Å². The topological polar surface area (TPSA) is 99.8 Å². The zero-order chi connectivity index (χ0) is 18.2. The van der Waals surface area contributed by atoms with Crippen molar-refractivity contribution in [1.29, 1.82) is 0 Å². The Bertz CT molecular complexity index is 635. The van der Waals surface area contributed by atoms with Gasteiger partial charge < -0.3 is 25.6 Å². The van der Waals surface area contributed by atoms with Gasteiger partial charge in [-0.25, -0.2) is 9.59 Å². The second kappa shape index (κ2) is 8.91. The maximum atomic E-state index is 12.3. The maximum absolute atomic E-state index is 12.3. The summed E-state index contributed by atoms with van der Waals surface area (Å²) in [6.45, 7) is 1.04. The monoisotopic (exact) mass is 348 g/mol. The van der Waals surface area contributed by atoms with Crippen LogP contribution in [0.2, 0.25) is 0 Å². The number of para-hydroxylation sites is 1. The van der Waals surface area contributed by atoms with E-state index in [2.05, 4.69) is 16.0 Å². The minimum absolute atomic E-state index is 0.129. The summed E-state index contributed by atoms with van der Waals surface area (Å²) in [6, 6.07) is 6.66. The molecule has 0 bridgehead atoms. The summed E-state index contributed by atoms with van der Waals surface area (Å²) >= 11 is 0. The zero-order valence-corrected chi connectivity index (χ0v) is 14.5. The van der Waals surface area contributed by atoms with Crippen LogP contribution in [0.3, 0.4) is 0 Å². The lowest BCUT2D eigenvalue weighted by atomic mass is 10.1. The highest BCUT2D eigenvalue weighted by Gasteiger charge is 2.25. The van der Waals surface area contributed by atoms with E-state index in [1.54, 1.807) is 30.1 Å². The maximum Gasteiger partial charge on any atom is 0.409 e. The highest BCUT2D eigenvalue weighted by molar-refractivity contribution is 5.91. The summed E-state index contributed by atoms with van der Waals surface area (Å²) in [6.07, 6.45) is 1.39. The minimum atomic E-state index is -0.386. The van der Waals surface area contributed by atoms with E-state index in [1.165, 1.54) is 7.11 Å². The zero-order valence-electron chi connectivity index (χ0n) is 14.5. The van der Waals surface area contributed by atoms with E-state index in [1.807, 2.05) is 6.07 Å². The number of carbonyl (C=O) groups is 3. The van der Waals surface area contributed by atoms with Crippen LogP contribution in [0.25, 0.3) is 0 Å². The van der Waals surface area contributed by atoms with Gasteiger partial charge in [0.2, 0.25) is 5.91 Å². The first-order valence-electron chi connectivity index (χ1n) is 8.22. The number of likely N-dealkylation sites (N-methyl/N-ethyl adjacent to an activating group) is 1. The van der Waals surface area contributed by atoms with Gasteiger partial charge in [-0.15, -0.1) is 0 Å². The standard InChI is InChI=1S/C17H24N4O4/c1-18-15(22)10-12-6-3-4-8-14(12)20-16(23)19-13-7-5-9-21(11-13)17(24)25-2/h3-4,6,8,13H,5,7,9-11H2,1-2H3,(H,18,22)(H2,19,20,23)/t13-/m1/s1. The molecule has 1 saturated heterocycles. The van der Waals surface area contributed by atoms with Crippen LogP contribution in [-0.2, 0) is 16.0 Å². The van der Waals surface area contributed by atoms with Gasteiger partial charge in [-0.3, -0.25) is 4.79 Å². The van der Waals surface area contributed by atoms with Gasteiger partial charge in [-0.2, -0.15) is 0 Å². The molecule has 0 aliphatic carbocycles. The molecule has 1 heterocycles. The van der Waals surface area contributed by atoms with Gasteiger partial charge in [0.15, 0.2) is 0 Å². The highest BCUT2D eigenvalue weighted by Crippen LogP contribution is 2.16. The lowest BCUT2D eigenvalue weighted by Gasteiger charge is -2.32. The number of nitrogens with zero attached hydrogens (tertiary/aromatic N) is 1. The molecule has 4 amide bonds. The molecule has 0 unspecified atom stereocenters. The van der Waals surface area contributed by atoms with Crippen LogP contribution in [0.4, 0.5) is 15.3 Å². The summed E-state index contributed by atoms with van der Waals surface area (Å²) < 4.78 is 4.72. The van der Waals surface area contributed by atoms with Crippen LogP contribution in [0.15, 0.2) is 24.3 Å². The number of carbonyl (C=O) groups excluding carboxylic acids is 3. The van der Waals surface area contributed by atoms with Crippen LogP contribution in [0.1, 0.15) is 18.4 Å². The molecule has 136 valence electrons. The highest BCUT2D eigenvalue weighted by atomic mass is 16.5. The molecule has 8 heteroatoms. The molecule has 3 N–H and O–H groups in total. The quantitative estimate of drug-likeness (QED) is 0.764. The number of likely N-dealkylation sites (tertiary alicyclic amines) is 1. The summed E-state index contributed by atoms with van der Waals surface area (Å²) in [5, 5.41) is 8.22. The number of methoxy groups -OCH3 is 1.